The van der Waals surface area contributed by atoms with E-state index in [1.54, 1.807) is 65.9 Å². The minimum Gasteiger partial charge on any atom is -0.478 e. The number of carbonyl (C=O) groups is 2. The number of pyridine rings is 1. The Hall–Kier alpha value is -3.97. The van der Waals surface area contributed by atoms with Gasteiger partial charge in [-0.1, -0.05) is 55.5 Å². The summed E-state index contributed by atoms with van der Waals surface area (Å²) in [5.41, 5.74) is 5.04. The van der Waals surface area contributed by atoms with Crippen molar-refractivity contribution in [2.24, 2.45) is 0 Å². The average Bonchev–Trinajstić information content (AvgIpc) is 3.25. The molecule has 4 rings (SSSR count). The molecule has 0 amide bonds. The molecule has 0 aliphatic heterocycles. The molecule has 7 nitrogen and oxygen atoms in total. The van der Waals surface area contributed by atoms with Crippen molar-refractivity contribution in [2.75, 3.05) is 6.61 Å². The number of aromatic nitrogens is 2. The maximum absolute atomic E-state index is 12.8. The molecule has 0 aliphatic carbocycles. The first-order chi connectivity index (χ1) is 16.4. The summed E-state index contributed by atoms with van der Waals surface area (Å²) in [6.45, 7) is 5.81. The van der Waals surface area contributed by atoms with Gasteiger partial charge in [0.25, 0.3) is 0 Å². The minimum atomic E-state index is -1.04. The monoisotopic (exact) mass is 458 g/mol. The Morgan fingerprint density at radius 1 is 1.03 bits per heavy atom. The van der Waals surface area contributed by atoms with Crippen LogP contribution in [0.2, 0.25) is 0 Å². The van der Waals surface area contributed by atoms with Crippen molar-refractivity contribution in [1.29, 1.82) is 0 Å². The Balaban J connectivity index is 1.80. The number of aliphatic hydroxyl groups excluding tert-OH is 1. The van der Waals surface area contributed by atoms with E-state index in [-0.39, 0.29) is 12.2 Å². The Morgan fingerprint density at radius 3 is 2.38 bits per heavy atom. The number of carbonyl (C=O) groups excluding carboxylic acids is 1. The number of imidazole rings is 1. The van der Waals surface area contributed by atoms with Crippen LogP contribution in [0.4, 0.5) is 0 Å². The summed E-state index contributed by atoms with van der Waals surface area (Å²) in [7, 11) is 0. The van der Waals surface area contributed by atoms with Gasteiger partial charge in [0, 0.05) is 0 Å². The molecule has 0 spiro atoms. The van der Waals surface area contributed by atoms with Crippen molar-refractivity contribution < 1.29 is 24.5 Å². The zero-order chi connectivity index (χ0) is 24.4. The molecular weight excluding hydrogens is 432 g/mol. The maximum atomic E-state index is 12.8. The van der Waals surface area contributed by atoms with E-state index < -0.39 is 18.0 Å². The highest BCUT2D eigenvalue weighted by Gasteiger charge is 2.25. The SMILES string of the molecule is CCOC(=O)c1c(CC)nc2c(C)ccc(C(O)c3ccc(-c4ccccc4C(=O)O)cc3)n12. The van der Waals surface area contributed by atoms with Gasteiger partial charge >= 0.3 is 11.9 Å². The van der Waals surface area contributed by atoms with Crippen molar-refractivity contribution in [3.63, 3.8) is 0 Å². The molecule has 0 saturated heterocycles. The maximum Gasteiger partial charge on any atom is 0.357 e. The van der Waals surface area contributed by atoms with Gasteiger partial charge in [-0.2, -0.15) is 0 Å². The highest BCUT2D eigenvalue weighted by Crippen LogP contribution is 2.30. The molecule has 2 N–H and O–H groups in total. The average molecular weight is 459 g/mol. The zero-order valence-corrected chi connectivity index (χ0v) is 19.3. The van der Waals surface area contributed by atoms with Gasteiger partial charge in [0.05, 0.1) is 23.6 Å². The van der Waals surface area contributed by atoms with Gasteiger partial charge in [-0.15, -0.1) is 0 Å². The fourth-order valence-electron chi connectivity index (χ4n) is 4.15. The van der Waals surface area contributed by atoms with Crippen LogP contribution in [0, 0.1) is 6.92 Å². The van der Waals surface area contributed by atoms with Gasteiger partial charge in [0.15, 0.2) is 5.69 Å². The zero-order valence-electron chi connectivity index (χ0n) is 19.3. The minimum absolute atomic E-state index is 0.209. The number of aryl methyl sites for hydroxylation is 2. The second-order valence-electron chi connectivity index (χ2n) is 7.96. The van der Waals surface area contributed by atoms with E-state index in [0.29, 0.717) is 40.3 Å². The number of esters is 1. The van der Waals surface area contributed by atoms with Crippen molar-refractivity contribution in [1.82, 2.24) is 9.38 Å². The van der Waals surface area contributed by atoms with Crippen LogP contribution in [0.3, 0.4) is 0 Å². The molecule has 2 aromatic heterocycles. The van der Waals surface area contributed by atoms with Gasteiger partial charge in [0.1, 0.15) is 11.8 Å². The lowest BCUT2D eigenvalue weighted by atomic mass is 9.97. The van der Waals surface area contributed by atoms with Crippen LogP contribution in [-0.2, 0) is 11.2 Å². The number of aliphatic hydroxyl groups is 1. The molecule has 0 bridgehead atoms. The topological polar surface area (TPSA) is 101 Å². The van der Waals surface area contributed by atoms with Crippen molar-refractivity contribution in [3.8, 4) is 11.1 Å². The summed E-state index contributed by atoms with van der Waals surface area (Å²) >= 11 is 0. The molecular formula is C27H26N2O5. The first kappa shape index (κ1) is 23.2. The van der Waals surface area contributed by atoms with E-state index in [2.05, 4.69) is 4.98 Å². The number of hydrogen-bond donors (Lipinski definition) is 2. The van der Waals surface area contributed by atoms with Gasteiger partial charge in [0.2, 0.25) is 0 Å². The number of aromatic carboxylic acids is 1. The number of hydrogen-bond acceptors (Lipinski definition) is 5. The first-order valence-electron chi connectivity index (χ1n) is 11.2. The highest BCUT2D eigenvalue weighted by molar-refractivity contribution is 5.96. The van der Waals surface area contributed by atoms with E-state index in [9.17, 15) is 19.8 Å². The van der Waals surface area contributed by atoms with Crippen LogP contribution >= 0.6 is 0 Å². The molecule has 34 heavy (non-hydrogen) atoms. The van der Waals surface area contributed by atoms with Crippen LogP contribution in [0.1, 0.15) is 63.3 Å². The molecule has 2 heterocycles. The Kier molecular flexibility index (Phi) is 6.47. The molecule has 0 radical (unpaired) electrons. The van der Waals surface area contributed by atoms with E-state index in [0.717, 1.165) is 11.1 Å². The Labute approximate surface area is 197 Å². The number of benzene rings is 2. The lowest BCUT2D eigenvalue weighted by Crippen LogP contribution is -2.15. The quantitative estimate of drug-likeness (QED) is 0.385. The van der Waals surface area contributed by atoms with Crippen LogP contribution in [0.25, 0.3) is 16.8 Å². The first-order valence-corrected chi connectivity index (χ1v) is 11.2. The molecule has 0 saturated carbocycles. The lowest BCUT2D eigenvalue weighted by Gasteiger charge is -2.17. The van der Waals surface area contributed by atoms with Gasteiger partial charge < -0.3 is 14.9 Å². The largest absolute Gasteiger partial charge is 0.478 e. The third-order valence-electron chi connectivity index (χ3n) is 5.84. The third kappa shape index (κ3) is 4.06. The fourth-order valence-corrected chi connectivity index (χ4v) is 4.15. The number of carboxylic acids is 1. The summed E-state index contributed by atoms with van der Waals surface area (Å²) in [6, 6.07) is 17.5. The number of carboxylic acid groups (broad SMARTS) is 1. The van der Waals surface area contributed by atoms with Crippen LogP contribution < -0.4 is 0 Å². The number of rotatable bonds is 7. The summed E-state index contributed by atoms with van der Waals surface area (Å²) in [4.78, 5) is 29.0. The summed E-state index contributed by atoms with van der Waals surface area (Å²) in [5, 5.41) is 20.8. The van der Waals surface area contributed by atoms with E-state index >= 15 is 0 Å². The number of nitrogens with zero attached hydrogens (tertiary/aromatic N) is 2. The van der Waals surface area contributed by atoms with E-state index in [4.69, 9.17) is 4.74 Å². The second-order valence-corrected chi connectivity index (χ2v) is 7.96. The van der Waals surface area contributed by atoms with Crippen LogP contribution in [0.5, 0.6) is 0 Å². The second kappa shape index (κ2) is 9.49. The summed E-state index contributed by atoms with van der Waals surface area (Å²) in [6.07, 6.45) is -0.499. The normalized spacial score (nSPS) is 12.0. The van der Waals surface area contributed by atoms with E-state index in [1.807, 2.05) is 19.9 Å². The molecule has 1 atom stereocenters. The predicted octanol–water partition coefficient (Wildman–Crippen LogP) is 4.83. The third-order valence-corrected chi connectivity index (χ3v) is 5.84. The molecule has 1 unspecified atom stereocenters. The number of fused-ring (bicyclic) bond motifs is 1. The molecule has 2 aromatic carbocycles. The van der Waals surface area contributed by atoms with E-state index in [1.165, 1.54) is 0 Å². The lowest BCUT2D eigenvalue weighted by molar-refractivity contribution is 0.0515. The fraction of sp³-hybridized carbons (Fsp3) is 0.222. The van der Waals surface area contributed by atoms with Crippen LogP contribution in [-0.4, -0.2) is 38.1 Å². The van der Waals surface area contributed by atoms with Crippen molar-refractivity contribution in [3.05, 3.63) is 94.4 Å². The standard InChI is InChI=1S/C27H26N2O5/c1-4-21-23(27(33)34-5-2)29-22(15-10-16(3)25(29)28-21)24(30)18-13-11-17(12-14-18)19-8-6-7-9-20(19)26(31)32/h6-15,24,30H,4-5H2,1-3H3,(H,31,32). The Morgan fingerprint density at radius 2 is 1.74 bits per heavy atom. The molecule has 4 aromatic rings. The summed E-state index contributed by atoms with van der Waals surface area (Å²) in [5.74, 6) is -1.48. The molecule has 174 valence electrons. The predicted molar refractivity (Wildman–Crippen MR) is 128 cm³/mol. The summed E-state index contributed by atoms with van der Waals surface area (Å²) < 4.78 is 6.97. The van der Waals surface area contributed by atoms with Gasteiger partial charge in [-0.3, -0.25) is 4.40 Å². The molecule has 0 fully saturated rings. The Bertz CT molecular complexity index is 1370. The van der Waals surface area contributed by atoms with Crippen molar-refractivity contribution >= 4 is 17.6 Å². The smallest absolute Gasteiger partial charge is 0.357 e. The van der Waals surface area contributed by atoms with Crippen LogP contribution in [0.15, 0.2) is 60.7 Å². The number of ether oxygens (including phenoxy) is 1. The molecule has 0 aliphatic rings. The van der Waals surface area contributed by atoms with Gasteiger partial charge in [-0.05, 0) is 54.7 Å². The molecule has 7 heteroatoms. The van der Waals surface area contributed by atoms with Gasteiger partial charge in [-0.25, -0.2) is 14.6 Å². The van der Waals surface area contributed by atoms with Crippen molar-refractivity contribution in [2.45, 2.75) is 33.3 Å². The highest BCUT2D eigenvalue weighted by atomic mass is 16.5.